The van der Waals surface area contributed by atoms with Crippen LogP contribution in [0, 0.1) is 0 Å². The highest BCUT2D eigenvalue weighted by atomic mass is 16.3. The van der Waals surface area contributed by atoms with Gasteiger partial charge in [-0.25, -0.2) is 0 Å². The quantitative estimate of drug-likeness (QED) is 0.0420. The number of nitrogens with one attached hydrogen (secondary N) is 1. The van der Waals surface area contributed by atoms with Crippen molar-refractivity contribution in [3.05, 3.63) is 24.3 Å². The molecular weight excluding hydrogens is 903 g/mol. The Morgan fingerprint density at radius 3 is 0.811 bits per heavy atom. The van der Waals surface area contributed by atoms with Crippen molar-refractivity contribution in [2.75, 3.05) is 6.61 Å². The molecule has 0 radical (unpaired) electrons. The van der Waals surface area contributed by atoms with Crippen LogP contribution in [0.5, 0.6) is 0 Å². The summed E-state index contributed by atoms with van der Waals surface area (Å²) in [5.74, 6) is -0.0230. The highest BCUT2D eigenvalue weighted by Gasteiger charge is 2.20. The normalized spacial score (nSPS) is 12.8. The van der Waals surface area contributed by atoms with Gasteiger partial charge in [0.05, 0.1) is 18.8 Å². The minimum Gasteiger partial charge on any atom is -0.394 e. The van der Waals surface area contributed by atoms with E-state index in [4.69, 9.17) is 0 Å². The van der Waals surface area contributed by atoms with Gasteiger partial charge in [-0.2, -0.15) is 0 Å². The number of hydrogen-bond acceptors (Lipinski definition) is 3. The third-order valence-corrected chi connectivity index (χ3v) is 16.5. The lowest BCUT2D eigenvalue weighted by Gasteiger charge is -2.22. The van der Waals surface area contributed by atoms with Crippen LogP contribution in [0.3, 0.4) is 0 Å². The summed E-state index contributed by atoms with van der Waals surface area (Å²) in [4.78, 5) is 12.6. The number of aliphatic hydroxyl groups is 2. The maximum absolute atomic E-state index is 12.6. The molecule has 2 unspecified atom stereocenters. The van der Waals surface area contributed by atoms with Crippen molar-refractivity contribution >= 4 is 5.91 Å². The van der Waals surface area contributed by atoms with Crippen molar-refractivity contribution in [1.82, 2.24) is 5.32 Å². The molecule has 0 fully saturated rings. The van der Waals surface area contributed by atoms with Crippen LogP contribution in [0.15, 0.2) is 24.3 Å². The molecule has 0 saturated heterocycles. The fourth-order valence-corrected chi connectivity index (χ4v) is 11.2. The number of amides is 1. The Kier molecular flexibility index (Phi) is 65.1. The zero-order valence-electron chi connectivity index (χ0n) is 50.9. The van der Waals surface area contributed by atoms with Crippen LogP contribution in [-0.2, 0) is 4.79 Å². The molecule has 0 bridgehead atoms. The lowest BCUT2D eigenvalue weighted by Crippen LogP contribution is -2.45. The molecule has 0 aliphatic carbocycles. The van der Waals surface area contributed by atoms with Crippen LogP contribution in [0.2, 0.25) is 0 Å². The SMILES string of the molecule is CCCCCCC/C=C\C/C=C\CCCCCCCCCCCCCCCCCCCC(=O)NC(CO)C(O)CCCCCCCCCCCCCCCCCCCCCCCCCCCCCCCCCCC. The van der Waals surface area contributed by atoms with Gasteiger partial charge in [-0.15, -0.1) is 0 Å². The standard InChI is InChI=1S/C70H137NO3/c1-3-5-7-9-11-13-15-17-19-21-23-25-27-29-31-33-34-35-36-38-39-41-43-45-47-49-51-53-55-57-59-61-63-65-69(73)68(67-72)71-70(74)66-64-62-60-58-56-54-52-50-48-46-44-42-40-37-32-30-28-26-24-22-20-18-16-14-12-10-8-6-4-2/h16,18,22,24,68-69,72-73H,3-15,17,19-21,23,25-67H2,1-2H3,(H,71,74)/b18-16-,24-22-. The van der Waals surface area contributed by atoms with E-state index in [1.165, 1.54) is 340 Å². The zero-order chi connectivity index (χ0) is 53.4. The smallest absolute Gasteiger partial charge is 0.220 e. The van der Waals surface area contributed by atoms with Gasteiger partial charge in [-0.05, 0) is 44.9 Å². The topological polar surface area (TPSA) is 69.6 Å². The summed E-state index contributed by atoms with van der Waals surface area (Å²) in [6.07, 6.45) is 89.5. The second-order valence-corrected chi connectivity index (χ2v) is 24.0. The second kappa shape index (κ2) is 66.2. The summed E-state index contributed by atoms with van der Waals surface area (Å²) >= 11 is 0. The summed E-state index contributed by atoms with van der Waals surface area (Å²) in [5.41, 5.74) is 0. The van der Waals surface area contributed by atoms with Gasteiger partial charge in [0.1, 0.15) is 0 Å². The fraction of sp³-hybridized carbons (Fsp3) is 0.929. The van der Waals surface area contributed by atoms with Crippen LogP contribution < -0.4 is 5.32 Å². The van der Waals surface area contributed by atoms with E-state index in [9.17, 15) is 15.0 Å². The average Bonchev–Trinajstić information content (AvgIpc) is 3.40. The highest BCUT2D eigenvalue weighted by molar-refractivity contribution is 5.76. The summed E-state index contributed by atoms with van der Waals surface area (Å²) in [7, 11) is 0. The number of allylic oxidation sites excluding steroid dienone is 4. The molecule has 1 amide bonds. The summed E-state index contributed by atoms with van der Waals surface area (Å²) < 4.78 is 0. The largest absolute Gasteiger partial charge is 0.394 e. The number of hydrogen-bond donors (Lipinski definition) is 3. The van der Waals surface area contributed by atoms with Gasteiger partial charge in [0, 0.05) is 6.42 Å². The van der Waals surface area contributed by atoms with Gasteiger partial charge >= 0.3 is 0 Å². The number of unbranched alkanes of at least 4 members (excludes halogenated alkanes) is 54. The number of carbonyl (C=O) groups is 1. The third kappa shape index (κ3) is 61.7. The minimum absolute atomic E-state index is 0.0230. The first kappa shape index (κ1) is 72.9. The van der Waals surface area contributed by atoms with Gasteiger partial charge in [-0.3, -0.25) is 4.79 Å². The summed E-state index contributed by atoms with van der Waals surface area (Å²) in [5, 5.41) is 23.5. The third-order valence-electron chi connectivity index (χ3n) is 16.5. The molecule has 0 aliphatic heterocycles. The Labute approximate surface area is 466 Å². The number of rotatable bonds is 65. The second-order valence-electron chi connectivity index (χ2n) is 24.0. The molecule has 0 aliphatic rings. The van der Waals surface area contributed by atoms with E-state index in [2.05, 4.69) is 43.5 Å². The first-order valence-electron chi connectivity index (χ1n) is 34.5. The molecule has 0 spiro atoms. The summed E-state index contributed by atoms with van der Waals surface area (Å²) in [6.45, 7) is 4.40. The Morgan fingerprint density at radius 1 is 0.324 bits per heavy atom. The molecule has 74 heavy (non-hydrogen) atoms. The number of carbonyl (C=O) groups excluding carboxylic acids is 1. The van der Waals surface area contributed by atoms with E-state index in [1.807, 2.05) is 0 Å². The highest BCUT2D eigenvalue weighted by Crippen LogP contribution is 2.19. The molecule has 440 valence electrons. The molecule has 2 atom stereocenters. The van der Waals surface area contributed by atoms with Crippen LogP contribution in [0.4, 0.5) is 0 Å². The molecule has 0 rings (SSSR count). The predicted molar refractivity (Wildman–Crippen MR) is 332 cm³/mol. The van der Waals surface area contributed by atoms with Crippen LogP contribution in [-0.4, -0.2) is 34.9 Å². The van der Waals surface area contributed by atoms with Crippen molar-refractivity contribution in [2.24, 2.45) is 0 Å². The monoisotopic (exact) mass is 1040 g/mol. The van der Waals surface area contributed by atoms with Crippen LogP contribution in [0.1, 0.15) is 399 Å². The van der Waals surface area contributed by atoms with E-state index >= 15 is 0 Å². The lowest BCUT2D eigenvalue weighted by molar-refractivity contribution is -0.123. The Bertz CT molecular complexity index is 1090. The Morgan fingerprint density at radius 2 is 0.554 bits per heavy atom. The van der Waals surface area contributed by atoms with Gasteiger partial charge < -0.3 is 15.5 Å². The Balaban J connectivity index is 3.38. The van der Waals surface area contributed by atoms with Crippen molar-refractivity contribution in [3.63, 3.8) is 0 Å². The fourth-order valence-electron chi connectivity index (χ4n) is 11.2. The molecule has 0 aromatic carbocycles. The van der Waals surface area contributed by atoms with E-state index in [1.54, 1.807) is 0 Å². The van der Waals surface area contributed by atoms with Gasteiger partial charge in [0.25, 0.3) is 0 Å². The van der Waals surface area contributed by atoms with E-state index in [-0.39, 0.29) is 12.5 Å². The molecular formula is C70H137NO3. The summed E-state index contributed by atoms with van der Waals surface area (Å²) in [6, 6.07) is -0.536. The van der Waals surface area contributed by atoms with Crippen molar-refractivity contribution < 1.29 is 15.0 Å². The predicted octanol–water partition coefficient (Wildman–Crippen LogP) is 23.4. The average molecular weight is 1040 g/mol. The molecule has 0 saturated carbocycles. The Hall–Kier alpha value is -1.13. The van der Waals surface area contributed by atoms with E-state index in [0.29, 0.717) is 12.8 Å². The van der Waals surface area contributed by atoms with Crippen LogP contribution >= 0.6 is 0 Å². The maximum atomic E-state index is 12.6. The lowest BCUT2D eigenvalue weighted by atomic mass is 10.0. The van der Waals surface area contributed by atoms with Gasteiger partial charge in [-0.1, -0.05) is 372 Å². The molecule has 0 heterocycles. The minimum atomic E-state index is -0.660. The first-order valence-corrected chi connectivity index (χ1v) is 34.5. The zero-order valence-corrected chi connectivity index (χ0v) is 50.9. The van der Waals surface area contributed by atoms with Gasteiger partial charge in [0.2, 0.25) is 5.91 Å². The van der Waals surface area contributed by atoms with Crippen molar-refractivity contribution in [2.45, 2.75) is 411 Å². The molecule has 0 aromatic heterocycles. The maximum Gasteiger partial charge on any atom is 0.220 e. The van der Waals surface area contributed by atoms with Crippen molar-refractivity contribution in [1.29, 1.82) is 0 Å². The van der Waals surface area contributed by atoms with E-state index < -0.39 is 12.1 Å². The first-order chi connectivity index (χ1) is 36.7. The van der Waals surface area contributed by atoms with Gasteiger partial charge in [0.15, 0.2) is 0 Å². The molecule has 4 nitrogen and oxygen atoms in total. The molecule has 0 aromatic rings. The van der Waals surface area contributed by atoms with Crippen LogP contribution in [0.25, 0.3) is 0 Å². The van der Waals surface area contributed by atoms with E-state index in [0.717, 1.165) is 32.1 Å². The van der Waals surface area contributed by atoms with Crippen molar-refractivity contribution in [3.8, 4) is 0 Å². The number of aliphatic hydroxyl groups excluding tert-OH is 2. The molecule has 4 heteroatoms. The molecule has 3 N–H and O–H groups in total.